The Labute approximate surface area is 186 Å². The Morgan fingerprint density at radius 1 is 1.22 bits per heavy atom. The van der Waals surface area contributed by atoms with E-state index in [-0.39, 0.29) is 41.5 Å². The zero-order valence-corrected chi connectivity index (χ0v) is 18.8. The first-order chi connectivity index (χ1) is 15.3. The highest BCUT2D eigenvalue weighted by Crippen LogP contribution is 2.27. The summed E-state index contributed by atoms with van der Waals surface area (Å²) >= 11 is 0. The summed E-state index contributed by atoms with van der Waals surface area (Å²) in [5.74, 6) is -1.17. The number of hydrogen-bond donors (Lipinski definition) is 1. The van der Waals surface area contributed by atoms with E-state index in [4.69, 9.17) is 0 Å². The molecule has 8 nitrogen and oxygen atoms in total. The summed E-state index contributed by atoms with van der Waals surface area (Å²) in [6, 6.07) is 11.0. The van der Waals surface area contributed by atoms with Crippen molar-refractivity contribution in [1.82, 2.24) is 19.3 Å². The molecule has 0 aliphatic carbocycles. The van der Waals surface area contributed by atoms with Gasteiger partial charge in [-0.05, 0) is 56.5 Å². The summed E-state index contributed by atoms with van der Waals surface area (Å²) in [6.07, 6.45) is 1.62. The molecule has 0 unspecified atom stereocenters. The average Bonchev–Trinajstić information content (AvgIpc) is 3.23. The third-order valence-corrected chi connectivity index (χ3v) is 7.94. The molecule has 0 bridgehead atoms. The van der Waals surface area contributed by atoms with Crippen molar-refractivity contribution in [3.63, 3.8) is 0 Å². The Bertz CT molecular complexity index is 1240. The van der Waals surface area contributed by atoms with E-state index in [9.17, 15) is 17.6 Å². The first kappa shape index (κ1) is 22.3. The van der Waals surface area contributed by atoms with Gasteiger partial charge in [-0.1, -0.05) is 24.3 Å². The van der Waals surface area contributed by atoms with Gasteiger partial charge in [0.2, 0.25) is 15.9 Å². The van der Waals surface area contributed by atoms with Crippen molar-refractivity contribution >= 4 is 32.7 Å². The van der Waals surface area contributed by atoms with Crippen LogP contribution in [0.25, 0.3) is 11.0 Å². The maximum atomic E-state index is 13.8. The third kappa shape index (κ3) is 4.24. The van der Waals surface area contributed by atoms with Crippen LogP contribution in [0.4, 0.5) is 10.1 Å². The Morgan fingerprint density at radius 2 is 1.94 bits per heavy atom. The molecular weight excluding hydrogens is 433 g/mol. The van der Waals surface area contributed by atoms with Crippen LogP contribution in [-0.4, -0.2) is 46.7 Å². The molecule has 1 aliphatic heterocycles. The van der Waals surface area contributed by atoms with E-state index >= 15 is 0 Å². The van der Waals surface area contributed by atoms with Gasteiger partial charge >= 0.3 is 0 Å². The van der Waals surface area contributed by atoms with Gasteiger partial charge in [0.05, 0.1) is 22.1 Å². The summed E-state index contributed by atoms with van der Waals surface area (Å²) < 4.78 is 43.3. The third-order valence-electron chi connectivity index (χ3n) is 6.05. The van der Waals surface area contributed by atoms with Gasteiger partial charge < -0.3 is 5.32 Å². The fourth-order valence-electron chi connectivity index (χ4n) is 3.89. The van der Waals surface area contributed by atoms with E-state index in [1.165, 1.54) is 16.4 Å². The molecule has 1 aliphatic rings. The van der Waals surface area contributed by atoms with Crippen molar-refractivity contribution in [2.24, 2.45) is 5.92 Å². The molecule has 0 spiro atoms. The number of rotatable bonds is 6. The van der Waals surface area contributed by atoms with Crippen LogP contribution in [0, 0.1) is 11.7 Å². The zero-order valence-electron chi connectivity index (χ0n) is 18.0. The molecule has 170 valence electrons. The Balaban J connectivity index is 1.44. The lowest BCUT2D eigenvalue weighted by Crippen LogP contribution is -2.41. The van der Waals surface area contributed by atoms with E-state index in [0.29, 0.717) is 18.4 Å². The van der Waals surface area contributed by atoms with Crippen molar-refractivity contribution in [3.05, 3.63) is 48.3 Å². The van der Waals surface area contributed by atoms with Gasteiger partial charge in [-0.25, -0.2) is 17.5 Å². The molecule has 2 aromatic carbocycles. The molecular formula is C22H26FN5O3S. The summed E-state index contributed by atoms with van der Waals surface area (Å²) in [5, 5.41) is 10.9. The highest BCUT2D eigenvalue weighted by Gasteiger charge is 2.32. The zero-order chi connectivity index (χ0) is 22.9. The number of carbonyl (C=O) groups is 1. The lowest BCUT2D eigenvalue weighted by Gasteiger charge is -2.30. The Hall–Kier alpha value is -2.85. The quantitative estimate of drug-likeness (QED) is 0.608. The molecule has 1 fully saturated rings. The number of carbonyl (C=O) groups excluding carboxylic acids is 1. The van der Waals surface area contributed by atoms with Crippen LogP contribution >= 0.6 is 0 Å². The van der Waals surface area contributed by atoms with Crippen molar-refractivity contribution in [2.75, 3.05) is 18.4 Å². The molecule has 0 radical (unpaired) electrons. The van der Waals surface area contributed by atoms with Crippen LogP contribution in [-0.2, 0) is 14.8 Å². The first-order valence-corrected chi connectivity index (χ1v) is 12.2. The van der Waals surface area contributed by atoms with Crippen LogP contribution in [0.3, 0.4) is 0 Å². The van der Waals surface area contributed by atoms with E-state index in [2.05, 4.69) is 22.6 Å². The molecule has 4 rings (SSSR count). The van der Waals surface area contributed by atoms with Gasteiger partial charge in [0.15, 0.2) is 0 Å². The standard InChI is InChI=1S/C22H26FN5O3S/c1-3-15(2)28-21-9-8-17(14-20(21)25-26-28)32(30,31)27-12-10-16(11-13-27)22(29)24-19-7-5-4-6-18(19)23/h4-9,14-16H,3,10-13H2,1-2H3,(H,24,29)/t15-/m1/s1. The predicted molar refractivity (Wildman–Crippen MR) is 119 cm³/mol. The van der Waals surface area contributed by atoms with E-state index in [1.807, 2.05) is 6.92 Å². The van der Waals surface area contributed by atoms with Gasteiger partial charge in [0.25, 0.3) is 0 Å². The number of halogens is 1. The molecule has 10 heteroatoms. The SMILES string of the molecule is CC[C@@H](C)n1nnc2cc(S(=O)(=O)N3CCC(C(=O)Nc4ccccc4F)CC3)ccc21. The topological polar surface area (TPSA) is 97.2 Å². The summed E-state index contributed by atoms with van der Waals surface area (Å²) in [5.41, 5.74) is 1.46. The van der Waals surface area contributed by atoms with Crippen LogP contribution in [0.1, 0.15) is 39.2 Å². The number of piperidine rings is 1. The normalized spacial score (nSPS) is 16.8. The van der Waals surface area contributed by atoms with Gasteiger partial charge in [-0.15, -0.1) is 5.10 Å². The second-order valence-electron chi connectivity index (χ2n) is 8.09. The van der Waals surface area contributed by atoms with Gasteiger partial charge in [0.1, 0.15) is 11.3 Å². The Kier molecular flexibility index (Phi) is 6.25. The first-order valence-electron chi connectivity index (χ1n) is 10.7. The molecule has 32 heavy (non-hydrogen) atoms. The molecule has 1 amide bonds. The highest BCUT2D eigenvalue weighted by molar-refractivity contribution is 7.89. The minimum Gasteiger partial charge on any atom is -0.323 e. The number of hydrogen-bond acceptors (Lipinski definition) is 5. The average molecular weight is 460 g/mol. The number of nitrogens with one attached hydrogen (secondary N) is 1. The van der Waals surface area contributed by atoms with Crippen molar-refractivity contribution < 1.29 is 17.6 Å². The number of aromatic nitrogens is 3. The number of sulfonamides is 1. The number of amides is 1. The summed E-state index contributed by atoms with van der Waals surface area (Å²) in [4.78, 5) is 12.7. The van der Waals surface area contributed by atoms with Crippen LogP contribution < -0.4 is 5.32 Å². The van der Waals surface area contributed by atoms with E-state index in [0.717, 1.165) is 11.9 Å². The fourth-order valence-corrected chi connectivity index (χ4v) is 5.38. The van der Waals surface area contributed by atoms with Crippen molar-refractivity contribution in [2.45, 2.75) is 44.0 Å². The molecule has 1 N–H and O–H groups in total. The number of nitrogens with zero attached hydrogens (tertiary/aromatic N) is 4. The molecule has 1 saturated heterocycles. The van der Waals surface area contributed by atoms with Crippen molar-refractivity contribution in [1.29, 1.82) is 0 Å². The molecule has 0 saturated carbocycles. The van der Waals surface area contributed by atoms with Crippen LogP contribution in [0.5, 0.6) is 0 Å². The molecule has 3 aromatic rings. The van der Waals surface area contributed by atoms with Gasteiger partial charge in [-0.3, -0.25) is 4.79 Å². The minimum absolute atomic E-state index is 0.131. The monoisotopic (exact) mass is 459 g/mol. The van der Waals surface area contributed by atoms with Crippen LogP contribution in [0.2, 0.25) is 0 Å². The second-order valence-corrected chi connectivity index (χ2v) is 10.0. The predicted octanol–water partition coefficient (Wildman–Crippen LogP) is 3.58. The minimum atomic E-state index is -3.72. The number of anilines is 1. The molecule has 2 heterocycles. The van der Waals surface area contributed by atoms with Gasteiger partial charge in [-0.2, -0.15) is 4.31 Å². The maximum absolute atomic E-state index is 13.8. The van der Waals surface area contributed by atoms with E-state index < -0.39 is 15.8 Å². The molecule has 1 atom stereocenters. The molecule has 1 aromatic heterocycles. The fraction of sp³-hybridized carbons (Fsp3) is 0.409. The highest BCUT2D eigenvalue weighted by atomic mass is 32.2. The maximum Gasteiger partial charge on any atom is 0.243 e. The number of fused-ring (bicyclic) bond motifs is 1. The summed E-state index contributed by atoms with van der Waals surface area (Å²) in [6.45, 7) is 4.52. The van der Waals surface area contributed by atoms with Crippen molar-refractivity contribution in [3.8, 4) is 0 Å². The lowest BCUT2D eigenvalue weighted by molar-refractivity contribution is -0.120. The number of benzene rings is 2. The second kappa shape index (κ2) is 8.95. The lowest BCUT2D eigenvalue weighted by atomic mass is 9.97. The smallest absolute Gasteiger partial charge is 0.243 e. The van der Waals surface area contributed by atoms with Crippen LogP contribution in [0.15, 0.2) is 47.4 Å². The largest absolute Gasteiger partial charge is 0.323 e. The van der Waals surface area contributed by atoms with E-state index in [1.54, 1.807) is 35.0 Å². The number of para-hydroxylation sites is 1. The summed E-state index contributed by atoms with van der Waals surface area (Å²) in [7, 11) is -3.72. The van der Waals surface area contributed by atoms with Gasteiger partial charge in [0, 0.05) is 19.0 Å². The Morgan fingerprint density at radius 3 is 2.62 bits per heavy atom.